The van der Waals surface area contributed by atoms with Crippen LogP contribution in [0.1, 0.15) is 24.8 Å². The average Bonchev–Trinajstić information content (AvgIpc) is 3.55. The molecule has 1 atom stereocenters. The highest BCUT2D eigenvalue weighted by Crippen LogP contribution is 2.44. The molecule has 0 aromatic heterocycles. The summed E-state index contributed by atoms with van der Waals surface area (Å²) < 4.78 is 19.6. The molecule has 0 N–H and O–H groups in total. The molecule has 1 heterocycles. The predicted octanol–water partition coefficient (Wildman–Crippen LogP) is 2.79. The lowest BCUT2D eigenvalue weighted by molar-refractivity contribution is -0.138. The number of hydrogen-bond donors (Lipinski definition) is 0. The van der Waals surface area contributed by atoms with Gasteiger partial charge in [-0.1, -0.05) is 12.1 Å². The fourth-order valence-electron chi connectivity index (χ4n) is 3.70. The van der Waals surface area contributed by atoms with Crippen molar-refractivity contribution in [1.29, 1.82) is 5.26 Å². The van der Waals surface area contributed by atoms with Gasteiger partial charge in [-0.05, 0) is 47.8 Å². The summed E-state index contributed by atoms with van der Waals surface area (Å²) in [6.45, 7) is -0.218. The average molecular weight is 407 g/mol. The molecule has 30 heavy (non-hydrogen) atoms. The van der Waals surface area contributed by atoms with Crippen molar-refractivity contribution >= 4 is 17.3 Å². The molecule has 154 valence electrons. The summed E-state index contributed by atoms with van der Waals surface area (Å²) >= 11 is 0. The van der Waals surface area contributed by atoms with E-state index >= 15 is 0 Å². The smallest absolute Gasteiger partial charge is 0.248 e. The Morgan fingerprint density at radius 2 is 2.13 bits per heavy atom. The molecular weight excluding hydrogens is 385 g/mol. The number of likely N-dealkylation sites (N-methyl/N-ethyl adjacent to an activating group) is 1. The number of ether oxygens (including phenoxy) is 1. The normalized spacial score (nSPS) is 20.9. The summed E-state index contributed by atoms with van der Waals surface area (Å²) in [5.74, 6) is -0.792. The number of carbonyl (C=O) groups is 2. The van der Waals surface area contributed by atoms with Crippen LogP contribution in [0.3, 0.4) is 0 Å². The number of carbonyl (C=O) groups excluding carboxylic acids is 2. The van der Waals surface area contributed by atoms with Crippen molar-refractivity contribution in [3.05, 3.63) is 64.8 Å². The number of halogens is 1. The van der Waals surface area contributed by atoms with Gasteiger partial charge in [-0.3, -0.25) is 9.59 Å². The molecule has 2 aliphatic carbocycles. The number of Topliss-reactive ketones (excluding diaryl/α,β-unsaturated/α-hetero) is 1. The standard InChI is InChI=1S/C23H22FN3O3/c1-26(2)22(29)13-30-21-10-18-15(9-20(21)28)12-27(17-6-7-17)19(11-25)23(18)14-4-3-5-16(24)8-14/h3-5,8,10,12,17,21H,6-7,9,13H2,1-2H3. The van der Waals surface area contributed by atoms with Crippen LogP contribution < -0.4 is 0 Å². The largest absolute Gasteiger partial charge is 0.356 e. The number of benzene rings is 1. The van der Waals surface area contributed by atoms with Gasteiger partial charge in [-0.15, -0.1) is 0 Å². The van der Waals surface area contributed by atoms with Gasteiger partial charge in [-0.25, -0.2) is 4.39 Å². The summed E-state index contributed by atoms with van der Waals surface area (Å²) in [6.07, 6.45) is 4.70. The minimum Gasteiger partial charge on any atom is -0.356 e. The van der Waals surface area contributed by atoms with Gasteiger partial charge in [0.25, 0.3) is 0 Å². The van der Waals surface area contributed by atoms with E-state index in [2.05, 4.69) is 6.07 Å². The molecule has 7 heteroatoms. The van der Waals surface area contributed by atoms with Crippen molar-refractivity contribution in [3.63, 3.8) is 0 Å². The highest BCUT2D eigenvalue weighted by Gasteiger charge is 2.38. The third kappa shape index (κ3) is 3.79. The van der Waals surface area contributed by atoms with E-state index in [0.717, 1.165) is 18.4 Å². The second-order valence-corrected chi connectivity index (χ2v) is 7.88. The first kappa shape index (κ1) is 20.0. The summed E-state index contributed by atoms with van der Waals surface area (Å²) in [4.78, 5) is 27.9. The Labute approximate surface area is 174 Å². The lowest BCUT2D eigenvalue weighted by Gasteiger charge is -2.33. The van der Waals surface area contributed by atoms with Gasteiger partial charge in [0.05, 0.1) is 0 Å². The van der Waals surface area contributed by atoms with E-state index in [0.29, 0.717) is 22.4 Å². The van der Waals surface area contributed by atoms with Gasteiger partial charge in [0, 0.05) is 38.3 Å². The van der Waals surface area contributed by atoms with Gasteiger partial charge in [0.15, 0.2) is 5.78 Å². The second-order valence-electron chi connectivity index (χ2n) is 7.88. The predicted molar refractivity (Wildman–Crippen MR) is 108 cm³/mol. The van der Waals surface area contributed by atoms with Crippen molar-refractivity contribution in [2.45, 2.75) is 31.4 Å². The van der Waals surface area contributed by atoms with Crippen LogP contribution in [0, 0.1) is 17.1 Å². The zero-order chi connectivity index (χ0) is 21.4. The summed E-state index contributed by atoms with van der Waals surface area (Å²) in [5, 5.41) is 9.94. The molecule has 1 saturated carbocycles. The maximum Gasteiger partial charge on any atom is 0.248 e. The van der Waals surface area contributed by atoms with Crippen LogP contribution >= 0.6 is 0 Å². The molecule has 1 amide bonds. The Morgan fingerprint density at radius 3 is 2.77 bits per heavy atom. The van der Waals surface area contributed by atoms with Gasteiger partial charge in [-0.2, -0.15) is 5.26 Å². The third-order valence-electron chi connectivity index (χ3n) is 5.45. The van der Waals surface area contributed by atoms with Crippen LogP contribution in [0.25, 0.3) is 5.57 Å². The van der Waals surface area contributed by atoms with Crippen molar-refractivity contribution < 1.29 is 18.7 Å². The van der Waals surface area contributed by atoms with Crippen molar-refractivity contribution in [1.82, 2.24) is 9.80 Å². The molecule has 6 nitrogen and oxygen atoms in total. The number of allylic oxidation sites excluding steroid dienone is 4. The van der Waals surface area contributed by atoms with E-state index in [1.54, 1.807) is 32.3 Å². The Balaban J connectivity index is 1.78. The van der Waals surface area contributed by atoms with E-state index in [1.165, 1.54) is 17.0 Å². The Bertz CT molecular complexity index is 1040. The lowest BCUT2D eigenvalue weighted by atomic mass is 9.81. The van der Waals surface area contributed by atoms with Crippen LogP contribution in [0.4, 0.5) is 4.39 Å². The maximum absolute atomic E-state index is 14.0. The zero-order valence-corrected chi connectivity index (χ0v) is 16.9. The molecule has 1 fully saturated rings. The molecule has 0 radical (unpaired) electrons. The second kappa shape index (κ2) is 7.88. The summed E-state index contributed by atoms with van der Waals surface area (Å²) in [7, 11) is 3.23. The Morgan fingerprint density at radius 1 is 1.37 bits per heavy atom. The first-order chi connectivity index (χ1) is 14.4. The van der Waals surface area contributed by atoms with E-state index in [9.17, 15) is 19.2 Å². The fourth-order valence-corrected chi connectivity index (χ4v) is 3.70. The van der Waals surface area contributed by atoms with Crippen LogP contribution in [-0.4, -0.2) is 54.3 Å². The minimum absolute atomic E-state index is 0.132. The monoisotopic (exact) mass is 407 g/mol. The highest BCUT2D eigenvalue weighted by atomic mass is 19.1. The van der Waals surface area contributed by atoms with Crippen molar-refractivity contribution in [2.24, 2.45) is 0 Å². The summed E-state index contributed by atoms with van der Waals surface area (Å²) in [6, 6.07) is 8.60. The number of rotatable bonds is 5. The Kier molecular flexibility index (Phi) is 5.27. The Hall–Kier alpha value is -3.24. The molecule has 4 rings (SSSR count). The minimum atomic E-state index is -0.892. The number of nitriles is 1. The van der Waals surface area contributed by atoms with E-state index in [4.69, 9.17) is 4.74 Å². The van der Waals surface area contributed by atoms with E-state index < -0.39 is 11.9 Å². The number of nitrogens with zero attached hydrogens (tertiary/aromatic N) is 3. The van der Waals surface area contributed by atoms with Gasteiger partial charge >= 0.3 is 0 Å². The maximum atomic E-state index is 14.0. The molecule has 1 aliphatic heterocycles. The van der Waals surface area contributed by atoms with Crippen LogP contribution in [0.2, 0.25) is 0 Å². The number of fused-ring (bicyclic) bond motifs is 1. The molecule has 1 aromatic rings. The van der Waals surface area contributed by atoms with Crippen LogP contribution in [0.5, 0.6) is 0 Å². The molecule has 0 bridgehead atoms. The van der Waals surface area contributed by atoms with Crippen molar-refractivity contribution in [3.8, 4) is 6.07 Å². The molecule has 3 aliphatic rings. The van der Waals surface area contributed by atoms with E-state index in [-0.39, 0.29) is 30.8 Å². The first-order valence-corrected chi connectivity index (χ1v) is 9.85. The summed E-state index contributed by atoms with van der Waals surface area (Å²) in [5.41, 5.74) is 3.09. The van der Waals surface area contributed by atoms with E-state index in [1.807, 2.05) is 11.1 Å². The fraction of sp³-hybridized carbons (Fsp3) is 0.348. The lowest BCUT2D eigenvalue weighted by Crippen LogP contribution is -2.35. The topological polar surface area (TPSA) is 73.6 Å². The zero-order valence-electron chi connectivity index (χ0n) is 16.9. The SMILES string of the molecule is CN(C)C(=O)COC1C=C2C(=CN(C3CC3)C(C#N)=C2c2cccc(F)c2)CC1=O. The molecule has 0 saturated heterocycles. The third-order valence-corrected chi connectivity index (χ3v) is 5.45. The molecule has 1 aromatic carbocycles. The highest BCUT2D eigenvalue weighted by molar-refractivity contribution is 5.98. The number of hydrogen-bond acceptors (Lipinski definition) is 5. The van der Waals surface area contributed by atoms with Gasteiger partial charge in [0.2, 0.25) is 5.91 Å². The van der Waals surface area contributed by atoms with Gasteiger partial charge < -0.3 is 14.5 Å². The molecular formula is C23H22FN3O3. The number of ketones is 1. The first-order valence-electron chi connectivity index (χ1n) is 9.85. The molecule has 0 spiro atoms. The number of amides is 1. The molecule has 1 unspecified atom stereocenters. The van der Waals surface area contributed by atoms with Crippen LogP contribution in [0.15, 0.2) is 53.4 Å². The van der Waals surface area contributed by atoms with Crippen LogP contribution in [-0.2, 0) is 14.3 Å². The van der Waals surface area contributed by atoms with Crippen molar-refractivity contribution in [2.75, 3.05) is 20.7 Å². The quantitative estimate of drug-likeness (QED) is 0.751. The van der Waals surface area contributed by atoms with Gasteiger partial charge in [0.1, 0.15) is 30.3 Å².